The predicted octanol–water partition coefficient (Wildman–Crippen LogP) is 10.1. The van der Waals surface area contributed by atoms with Crippen LogP contribution in [0.15, 0.2) is 85.7 Å². The molecule has 0 aliphatic carbocycles. The third-order valence-corrected chi connectivity index (χ3v) is 11.7. The molecule has 0 atom stereocenters. The lowest BCUT2D eigenvalue weighted by Gasteiger charge is -2.16. The molecule has 2 fully saturated rings. The second-order valence-electron chi connectivity index (χ2n) is 15.6. The van der Waals surface area contributed by atoms with Gasteiger partial charge in [-0.05, 0) is 113 Å². The predicted molar refractivity (Wildman–Crippen MR) is 247 cm³/mol. The number of benzene rings is 4. The van der Waals surface area contributed by atoms with E-state index in [1.54, 1.807) is 63.0 Å². The highest BCUT2D eigenvalue weighted by molar-refractivity contribution is 6.34. The van der Waals surface area contributed by atoms with Gasteiger partial charge in [0, 0.05) is 64.8 Å². The fourth-order valence-electron chi connectivity index (χ4n) is 8.00. The van der Waals surface area contributed by atoms with Gasteiger partial charge >= 0.3 is 0 Å². The standard InChI is InChI=1S/C24H25FN4O3.C16H20ClN3O2.C8H6FNO/c1-30-21-13-17-19(14-22(21)31-12-4-11-29-9-2-3-10-29)27-15-28-24(17)32-20-6-5-18-16(23(20)25)7-8-26-18;1-21-14-9-12-13(18-11-19-16(12)17)10-15(14)22-8-4-7-20-5-2-3-6-20;9-8-5-3-4-10-6(5)1-2-7(8)11/h5-8,13-15,26H,2-4,9-12H2,1H3;9-11H,2-8H2,1H3;1-4,10-11H. The molecule has 8 aromatic rings. The first-order valence-corrected chi connectivity index (χ1v) is 22.1. The number of H-pyrrole nitrogens is 2. The number of phenols is 1. The Hall–Kier alpha value is -6.49. The number of fused-ring (bicyclic) bond motifs is 4. The second kappa shape index (κ2) is 21.5. The molecule has 14 nitrogen and oxygen atoms in total. The molecule has 17 heteroatoms. The van der Waals surface area contributed by atoms with Crippen LogP contribution < -0.4 is 23.7 Å². The first-order chi connectivity index (χ1) is 31.8. The fraction of sp³-hybridized carbons (Fsp3) is 0.333. The highest BCUT2D eigenvalue weighted by Crippen LogP contribution is 2.38. The lowest BCUT2D eigenvalue weighted by molar-refractivity contribution is 0.254. The van der Waals surface area contributed by atoms with Gasteiger partial charge in [0.15, 0.2) is 46.1 Å². The van der Waals surface area contributed by atoms with Gasteiger partial charge in [-0.15, -0.1) is 0 Å². The summed E-state index contributed by atoms with van der Waals surface area (Å²) in [5, 5.41) is 11.6. The molecule has 0 bridgehead atoms. The van der Waals surface area contributed by atoms with E-state index in [1.807, 2.05) is 18.2 Å². The summed E-state index contributed by atoms with van der Waals surface area (Å²) in [5.74, 6) is 1.56. The van der Waals surface area contributed by atoms with Crippen LogP contribution in [0.25, 0.3) is 43.6 Å². The van der Waals surface area contributed by atoms with Crippen molar-refractivity contribution in [3.63, 3.8) is 0 Å². The quantitative estimate of drug-likeness (QED) is 0.0702. The van der Waals surface area contributed by atoms with E-state index >= 15 is 0 Å². The number of aromatic hydroxyl groups is 1. The molecule has 0 amide bonds. The number of likely N-dealkylation sites (tertiary alicyclic amines) is 2. The Morgan fingerprint density at radius 1 is 0.600 bits per heavy atom. The molecule has 2 aliphatic heterocycles. The van der Waals surface area contributed by atoms with E-state index in [0.717, 1.165) is 36.8 Å². The SMILES string of the molecule is COc1cc2c(Cl)ncnc2cc1OCCCN1CCCC1.COc1cc2c(Oc3ccc4[nH]ccc4c3F)ncnc2cc1OCCCN1CCCC1.Oc1ccc2[nH]ccc2c1F. The Bertz CT molecular complexity index is 2850. The Morgan fingerprint density at radius 3 is 1.71 bits per heavy atom. The summed E-state index contributed by atoms with van der Waals surface area (Å²) in [7, 11) is 3.21. The molecule has 0 unspecified atom stereocenters. The third-order valence-electron chi connectivity index (χ3n) is 11.4. The Labute approximate surface area is 379 Å². The lowest BCUT2D eigenvalue weighted by Crippen LogP contribution is -2.21. The zero-order valence-corrected chi connectivity index (χ0v) is 37.0. The number of nitrogens with zero attached hydrogens (tertiary/aromatic N) is 6. The summed E-state index contributed by atoms with van der Waals surface area (Å²) in [6.45, 7) is 8.17. The number of nitrogens with one attached hydrogen (secondary N) is 2. The zero-order valence-electron chi connectivity index (χ0n) is 36.3. The van der Waals surface area contributed by atoms with Crippen molar-refractivity contribution in [3.05, 3.63) is 102 Å². The van der Waals surface area contributed by atoms with E-state index in [-0.39, 0.29) is 17.4 Å². The molecule has 2 saturated heterocycles. The smallest absolute Gasteiger partial charge is 0.230 e. The summed E-state index contributed by atoms with van der Waals surface area (Å²) in [5.41, 5.74) is 2.79. The summed E-state index contributed by atoms with van der Waals surface area (Å²) in [4.78, 5) is 27.5. The number of methoxy groups -OCH3 is 2. The zero-order chi connectivity index (χ0) is 45.1. The number of hydrogen-bond acceptors (Lipinski definition) is 12. The van der Waals surface area contributed by atoms with E-state index in [9.17, 15) is 8.78 Å². The third kappa shape index (κ3) is 10.9. The van der Waals surface area contributed by atoms with Crippen LogP contribution in [0.5, 0.6) is 40.4 Å². The first kappa shape index (κ1) is 45.1. The minimum atomic E-state index is -0.566. The van der Waals surface area contributed by atoms with Gasteiger partial charge in [0.1, 0.15) is 17.8 Å². The van der Waals surface area contributed by atoms with Crippen LogP contribution in [-0.2, 0) is 0 Å². The van der Waals surface area contributed by atoms with Crippen molar-refractivity contribution < 1.29 is 37.6 Å². The van der Waals surface area contributed by atoms with Crippen LogP contribution in [0.3, 0.4) is 0 Å². The van der Waals surface area contributed by atoms with Crippen LogP contribution in [0.4, 0.5) is 8.78 Å². The molecule has 6 heterocycles. The van der Waals surface area contributed by atoms with Crippen molar-refractivity contribution in [3.8, 4) is 40.4 Å². The van der Waals surface area contributed by atoms with Gasteiger partial charge in [0.25, 0.3) is 0 Å². The van der Waals surface area contributed by atoms with Crippen molar-refractivity contribution in [2.45, 2.75) is 38.5 Å². The number of rotatable bonds is 14. The molecule has 2 aliphatic rings. The van der Waals surface area contributed by atoms with E-state index in [4.69, 9.17) is 40.4 Å². The molecule has 65 heavy (non-hydrogen) atoms. The highest BCUT2D eigenvalue weighted by Gasteiger charge is 2.18. The van der Waals surface area contributed by atoms with E-state index in [2.05, 4.69) is 39.7 Å². The number of hydrogen-bond donors (Lipinski definition) is 3. The normalized spacial score (nSPS) is 14.0. The van der Waals surface area contributed by atoms with Gasteiger partial charge in [-0.2, -0.15) is 0 Å². The minimum absolute atomic E-state index is 0.0957. The molecular weight excluding hydrogens is 858 g/mol. The molecule has 0 radical (unpaired) electrons. The Kier molecular flexibility index (Phi) is 14.9. The van der Waals surface area contributed by atoms with Crippen molar-refractivity contribution in [1.82, 2.24) is 39.7 Å². The summed E-state index contributed by atoms with van der Waals surface area (Å²) < 4.78 is 56.5. The van der Waals surface area contributed by atoms with Gasteiger partial charge in [0.2, 0.25) is 5.88 Å². The molecule has 0 saturated carbocycles. The molecule has 4 aromatic heterocycles. The topological polar surface area (TPSA) is 156 Å². The van der Waals surface area contributed by atoms with Crippen LogP contribution >= 0.6 is 11.6 Å². The molecule has 3 N–H and O–H groups in total. The van der Waals surface area contributed by atoms with Crippen LogP contribution in [0.2, 0.25) is 5.15 Å². The van der Waals surface area contributed by atoms with Crippen LogP contribution in [0.1, 0.15) is 38.5 Å². The van der Waals surface area contributed by atoms with Crippen LogP contribution in [-0.4, -0.2) is 112 Å². The average Bonchev–Trinajstić information content (AvgIpc) is 4.19. The van der Waals surface area contributed by atoms with Gasteiger partial charge in [-0.3, -0.25) is 0 Å². The summed E-state index contributed by atoms with van der Waals surface area (Å²) in [6, 6.07) is 16.8. The van der Waals surface area contributed by atoms with E-state index < -0.39 is 11.6 Å². The number of phenolic OH excluding ortho intramolecular Hbond substituents is 1. The van der Waals surface area contributed by atoms with Crippen LogP contribution in [0, 0.1) is 11.6 Å². The summed E-state index contributed by atoms with van der Waals surface area (Å²) in [6.07, 6.45) is 13.3. The molecule has 4 aromatic carbocycles. The number of ether oxygens (including phenoxy) is 5. The number of halogens is 3. The maximum atomic E-state index is 14.8. The molecule has 340 valence electrons. The summed E-state index contributed by atoms with van der Waals surface area (Å²) >= 11 is 6.08. The Morgan fingerprint density at radius 2 is 1.12 bits per heavy atom. The van der Waals surface area contributed by atoms with Crippen molar-refractivity contribution >= 4 is 55.2 Å². The molecular formula is C48H51ClF2N8O6. The fourth-order valence-corrected chi connectivity index (χ4v) is 8.19. The maximum absolute atomic E-state index is 14.8. The molecule has 0 spiro atoms. The van der Waals surface area contributed by atoms with E-state index in [0.29, 0.717) is 74.1 Å². The highest BCUT2D eigenvalue weighted by atomic mass is 35.5. The van der Waals surface area contributed by atoms with Gasteiger partial charge in [-0.25, -0.2) is 28.7 Å². The lowest BCUT2D eigenvalue weighted by atomic mass is 10.2. The average molecular weight is 909 g/mol. The monoisotopic (exact) mass is 908 g/mol. The van der Waals surface area contributed by atoms with E-state index in [1.165, 1.54) is 70.6 Å². The number of aromatic nitrogens is 6. The van der Waals surface area contributed by atoms with Gasteiger partial charge in [0.05, 0.1) is 43.9 Å². The van der Waals surface area contributed by atoms with Crippen molar-refractivity contribution in [1.29, 1.82) is 0 Å². The Balaban J connectivity index is 0.000000150. The number of aromatic amines is 2. The minimum Gasteiger partial charge on any atom is -0.505 e. The largest absolute Gasteiger partial charge is 0.505 e. The molecule has 10 rings (SSSR count). The van der Waals surface area contributed by atoms with Gasteiger partial charge in [-0.1, -0.05) is 11.6 Å². The maximum Gasteiger partial charge on any atom is 0.230 e. The van der Waals surface area contributed by atoms with Crippen molar-refractivity contribution in [2.75, 3.05) is 66.7 Å². The van der Waals surface area contributed by atoms with Crippen molar-refractivity contribution in [2.24, 2.45) is 0 Å². The van der Waals surface area contributed by atoms with Gasteiger partial charge < -0.3 is 48.6 Å². The first-order valence-electron chi connectivity index (χ1n) is 21.7. The second-order valence-corrected chi connectivity index (χ2v) is 16.0.